The first kappa shape index (κ1) is 18.9. The number of nitrogens with two attached hydrogens (primary N) is 1. The van der Waals surface area contributed by atoms with E-state index in [-0.39, 0.29) is 6.61 Å². The van der Waals surface area contributed by atoms with Crippen molar-refractivity contribution in [3.05, 3.63) is 22.7 Å². The van der Waals surface area contributed by atoms with Crippen LogP contribution in [-0.2, 0) is 11.3 Å². The number of ether oxygens (including phenoxy) is 2. The summed E-state index contributed by atoms with van der Waals surface area (Å²) in [6, 6.07) is 4.33. The summed E-state index contributed by atoms with van der Waals surface area (Å²) in [7, 11) is 0. The zero-order valence-corrected chi connectivity index (χ0v) is 15.0. The van der Waals surface area contributed by atoms with E-state index in [9.17, 15) is 4.79 Å². The second-order valence-corrected chi connectivity index (χ2v) is 6.57. The van der Waals surface area contributed by atoms with E-state index >= 15 is 0 Å². The predicted molar refractivity (Wildman–Crippen MR) is 95.6 cm³/mol. The SMILES string of the molecule is CCOc1cc(CNC2CCCCCC2)cc(Cl)c1OCC(N)=O. The van der Waals surface area contributed by atoms with Gasteiger partial charge in [0.25, 0.3) is 5.91 Å². The normalized spacial score (nSPS) is 15.8. The molecule has 0 bridgehead atoms. The van der Waals surface area contributed by atoms with Crippen LogP contribution in [0.1, 0.15) is 51.0 Å². The van der Waals surface area contributed by atoms with Crippen molar-refractivity contribution < 1.29 is 14.3 Å². The van der Waals surface area contributed by atoms with Crippen molar-refractivity contribution in [1.29, 1.82) is 0 Å². The number of rotatable bonds is 8. The molecule has 6 heteroatoms. The van der Waals surface area contributed by atoms with Gasteiger partial charge < -0.3 is 20.5 Å². The van der Waals surface area contributed by atoms with Crippen molar-refractivity contribution in [2.75, 3.05) is 13.2 Å². The molecule has 0 saturated heterocycles. The monoisotopic (exact) mass is 354 g/mol. The Morgan fingerprint density at radius 2 is 1.96 bits per heavy atom. The Bertz CT molecular complexity index is 543. The highest BCUT2D eigenvalue weighted by Gasteiger charge is 2.15. The number of carbonyl (C=O) groups excluding carboxylic acids is 1. The Balaban J connectivity index is 2.05. The van der Waals surface area contributed by atoms with Crippen LogP contribution in [0.25, 0.3) is 0 Å². The van der Waals surface area contributed by atoms with Crippen LogP contribution < -0.4 is 20.5 Å². The summed E-state index contributed by atoms with van der Waals surface area (Å²) in [5.74, 6) is 0.368. The fourth-order valence-electron chi connectivity index (χ4n) is 3.02. The number of benzene rings is 1. The van der Waals surface area contributed by atoms with Crippen LogP contribution in [0.4, 0.5) is 0 Å². The maximum Gasteiger partial charge on any atom is 0.255 e. The predicted octanol–water partition coefficient (Wildman–Crippen LogP) is 3.42. The Morgan fingerprint density at radius 3 is 2.58 bits per heavy atom. The second-order valence-electron chi connectivity index (χ2n) is 6.16. The van der Waals surface area contributed by atoms with Gasteiger partial charge in [0.05, 0.1) is 11.6 Å². The molecule has 3 N–H and O–H groups in total. The minimum Gasteiger partial charge on any atom is -0.490 e. The van der Waals surface area contributed by atoms with E-state index in [4.69, 9.17) is 26.8 Å². The van der Waals surface area contributed by atoms with Crippen molar-refractivity contribution in [3.8, 4) is 11.5 Å². The Hall–Kier alpha value is -1.46. The van der Waals surface area contributed by atoms with Crippen LogP contribution in [0.3, 0.4) is 0 Å². The average Bonchev–Trinajstić information content (AvgIpc) is 2.81. The lowest BCUT2D eigenvalue weighted by atomic mass is 10.1. The number of halogens is 1. The third-order valence-electron chi connectivity index (χ3n) is 4.18. The smallest absolute Gasteiger partial charge is 0.255 e. The van der Waals surface area contributed by atoms with E-state index in [0.29, 0.717) is 29.2 Å². The maximum absolute atomic E-state index is 10.9. The molecule has 24 heavy (non-hydrogen) atoms. The molecule has 0 unspecified atom stereocenters. The van der Waals surface area contributed by atoms with Gasteiger partial charge in [-0.25, -0.2) is 0 Å². The Kier molecular flexibility index (Phi) is 7.66. The summed E-state index contributed by atoms with van der Waals surface area (Å²) < 4.78 is 11.0. The third kappa shape index (κ3) is 5.87. The van der Waals surface area contributed by atoms with Crippen molar-refractivity contribution in [2.24, 2.45) is 5.73 Å². The quantitative estimate of drug-likeness (QED) is 0.701. The molecule has 0 aliphatic heterocycles. The van der Waals surface area contributed by atoms with Gasteiger partial charge in [0, 0.05) is 12.6 Å². The molecule has 1 fully saturated rings. The van der Waals surface area contributed by atoms with Gasteiger partial charge in [0.1, 0.15) is 0 Å². The molecule has 1 amide bonds. The third-order valence-corrected chi connectivity index (χ3v) is 4.46. The topological polar surface area (TPSA) is 73.6 Å². The van der Waals surface area contributed by atoms with Gasteiger partial charge in [0.15, 0.2) is 18.1 Å². The van der Waals surface area contributed by atoms with E-state index in [1.807, 2.05) is 19.1 Å². The van der Waals surface area contributed by atoms with Crippen molar-refractivity contribution >= 4 is 17.5 Å². The van der Waals surface area contributed by atoms with Crippen LogP contribution in [0.5, 0.6) is 11.5 Å². The number of carbonyl (C=O) groups is 1. The first-order valence-electron chi connectivity index (χ1n) is 8.70. The summed E-state index contributed by atoms with van der Waals surface area (Å²) in [5.41, 5.74) is 6.17. The lowest BCUT2D eigenvalue weighted by Gasteiger charge is -2.18. The molecule has 0 spiro atoms. The summed E-state index contributed by atoms with van der Waals surface area (Å²) in [6.07, 6.45) is 7.72. The Labute approximate surface area is 148 Å². The highest BCUT2D eigenvalue weighted by atomic mass is 35.5. The largest absolute Gasteiger partial charge is 0.490 e. The number of nitrogens with one attached hydrogen (secondary N) is 1. The minimum absolute atomic E-state index is 0.223. The van der Waals surface area contributed by atoms with Gasteiger partial charge in [-0.05, 0) is 37.5 Å². The first-order valence-corrected chi connectivity index (χ1v) is 9.07. The van der Waals surface area contributed by atoms with Gasteiger partial charge in [-0.15, -0.1) is 0 Å². The molecular formula is C18H27ClN2O3. The number of hydrogen-bond donors (Lipinski definition) is 2. The number of amides is 1. The van der Waals surface area contributed by atoms with Gasteiger partial charge in [-0.2, -0.15) is 0 Å². The summed E-state index contributed by atoms with van der Waals surface area (Å²) in [4.78, 5) is 10.9. The van der Waals surface area contributed by atoms with Crippen LogP contribution in [-0.4, -0.2) is 25.2 Å². The zero-order valence-electron chi connectivity index (χ0n) is 14.3. The van der Waals surface area contributed by atoms with E-state index < -0.39 is 5.91 Å². The highest BCUT2D eigenvalue weighted by Crippen LogP contribution is 2.36. The second kappa shape index (κ2) is 9.74. The van der Waals surface area contributed by atoms with Crippen molar-refractivity contribution in [2.45, 2.75) is 58.0 Å². The van der Waals surface area contributed by atoms with Gasteiger partial charge in [-0.1, -0.05) is 37.3 Å². The molecule has 0 radical (unpaired) electrons. The fourth-order valence-corrected chi connectivity index (χ4v) is 3.30. The number of primary amides is 1. The van der Waals surface area contributed by atoms with Gasteiger partial charge in [-0.3, -0.25) is 4.79 Å². The molecule has 0 heterocycles. The molecule has 1 aromatic carbocycles. The molecule has 2 rings (SSSR count). The molecule has 1 aromatic rings. The highest BCUT2D eigenvalue weighted by molar-refractivity contribution is 6.32. The first-order chi connectivity index (χ1) is 11.6. The standard InChI is InChI=1S/C18H27ClN2O3/c1-2-23-16-10-13(9-15(19)18(16)24-12-17(20)22)11-21-14-7-5-3-4-6-8-14/h9-10,14,21H,2-8,11-12H2,1H3,(H2,20,22). The van der Waals surface area contributed by atoms with Crippen molar-refractivity contribution in [1.82, 2.24) is 5.32 Å². The lowest BCUT2D eigenvalue weighted by molar-refractivity contribution is -0.119. The molecule has 134 valence electrons. The van der Waals surface area contributed by atoms with E-state index in [1.54, 1.807) is 0 Å². The molecule has 0 aromatic heterocycles. The minimum atomic E-state index is -0.548. The maximum atomic E-state index is 10.9. The molecule has 5 nitrogen and oxygen atoms in total. The van der Waals surface area contributed by atoms with E-state index in [0.717, 1.165) is 12.1 Å². The van der Waals surface area contributed by atoms with Gasteiger partial charge in [0.2, 0.25) is 0 Å². The number of hydrogen-bond acceptors (Lipinski definition) is 4. The molecule has 1 aliphatic rings. The average molecular weight is 355 g/mol. The van der Waals surface area contributed by atoms with E-state index in [1.165, 1.54) is 38.5 Å². The van der Waals surface area contributed by atoms with Crippen molar-refractivity contribution in [3.63, 3.8) is 0 Å². The van der Waals surface area contributed by atoms with Crippen LogP contribution in [0.2, 0.25) is 5.02 Å². The van der Waals surface area contributed by atoms with Crippen LogP contribution >= 0.6 is 11.6 Å². The van der Waals surface area contributed by atoms with E-state index in [2.05, 4.69) is 5.32 Å². The molecule has 1 saturated carbocycles. The zero-order chi connectivity index (χ0) is 17.4. The van der Waals surface area contributed by atoms with Crippen LogP contribution in [0, 0.1) is 0 Å². The lowest BCUT2D eigenvalue weighted by Crippen LogP contribution is -2.27. The molecule has 1 aliphatic carbocycles. The summed E-state index contributed by atoms with van der Waals surface area (Å²) in [6.45, 7) is 2.89. The Morgan fingerprint density at radius 1 is 1.25 bits per heavy atom. The molecular weight excluding hydrogens is 328 g/mol. The van der Waals surface area contributed by atoms with Crippen LogP contribution in [0.15, 0.2) is 12.1 Å². The van der Waals surface area contributed by atoms with Gasteiger partial charge >= 0.3 is 0 Å². The summed E-state index contributed by atoms with van der Waals surface area (Å²) >= 11 is 6.32. The summed E-state index contributed by atoms with van der Waals surface area (Å²) in [5, 5.41) is 4.05. The molecule has 0 atom stereocenters. The fraction of sp³-hybridized carbons (Fsp3) is 0.611.